The molecule has 6 nitrogen and oxygen atoms in total. The van der Waals surface area contributed by atoms with Gasteiger partial charge in [-0.2, -0.15) is 0 Å². The van der Waals surface area contributed by atoms with Gasteiger partial charge < -0.3 is 19.1 Å². The van der Waals surface area contributed by atoms with Crippen molar-refractivity contribution in [2.45, 2.75) is 18.9 Å². The van der Waals surface area contributed by atoms with Gasteiger partial charge in [0.05, 0.1) is 25.1 Å². The molecular weight excluding hydrogens is 259 g/mol. The molecule has 1 aliphatic rings. The molecule has 1 aromatic heterocycles. The van der Waals surface area contributed by atoms with Crippen molar-refractivity contribution in [1.29, 1.82) is 0 Å². The average Bonchev–Trinajstić information content (AvgIpc) is 2.49. The van der Waals surface area contributed by atoms with Crippen LogP contribution in [0.1, 0.15) is 23.2 Å². The van der Waals surface area contributed by atoms with Gasteiger partial charge in [0.15, 0.2) is 0 Å². The lowest BCUT2D eigenvalue weighted by Gasteiger charge is -2.30. The highest BCUT2D eigenvalue weighted by Gasteiger charge is 2.21. The maximum absolute atomic E-state index is 11.4. The first-order valence-electron chi connectivity index (χ1n) is 6.59. The second-order valence-corrected chi connectivity index (χ2v) is 4.69. The van der Waals surface area contributed by atoms with Crippen LogP contribution in [0, 0.1) is 0 Å². The Hall–Kier alpha value is -1.89. The summed E-state index contributed by atoms with van der Waals surface area (Å²) in [5, 5.41) is 0. The van der Waals surface area contributed by atoms with Gasteiger partial charge >= 0.3 is 5.97 Å². The van der Waals surface area contributed by atoms with Gasteiger partial charge in [-0.25, -0.2) is 4.79 Å². The summed E-state index contributed by atoms with van der Waals surface area (Å²) in [6.07, 6.45) is 5.76. The van der Waals surface area contributed by atoms with Gasteiger partial charge in [-0.3, -0.25) is 4.98 Å². The minimum absolute atomic E-state index is 0.0904. The fraction of sp³-hybridized carbons (Fsp3) is 0.462. The number of aromatic nitrogens is 1. The molecule has 0 aliphatic carbocycles. The van der Waals surface area contributed by atoms with E-state index in [0.29, 0.717) is 18.7 Å². The minimum Gasteiger partial charge on any atom is -0.489 e. The molecule has 0 amide bonds. The Kier molecular flexibility index (Phi) is 5.12. The van der Waals surface area contributed by atoms with E-state index in [0.717, 1.165) is 32.1 Å². The molecule has 0 spiro atoms. The van der Waals surface area contributed by atoms with Crippen molar-refractivity contribution in [2.24, 2.45) is 0 Å². The molecule has 0 atom stereocenters. The summed E-state index contributed by atoms with van der Waals surface area (Å²) in [5.41, 5.74) is 0.378. The molecule has 106 valence electrons. The number of piperidine rings is 1. The highest BCUT2D eigenvalue weighted by Crippen LogP contribution is 2.19. The van der Waals surface area contributed by atoms with Crippen LogP contribution in [0.15, 0.2) is 18.5 Å². The molecule has 0 aromatic carbocycles. The molecule has 7 heteroatoms. The third-order valence-electron chi connectivity index (χ3n) is 3.30. The van der Waals surface area contributed by atoms with Crippen LogP contribution in [-0.2, 0) is 9.53 Å². The van der Waals surface area contributed by atoms with Crippen molar-refractivity contribution >= 4 is 19.6 Å². The monoisotopic (exact) mass is 276 g/mol. The average molecular weight is 276 g/mol. The zero-order chi connectivity index (χ0) is 14.4. The van der Waals surface area contributed by atoms with E-state index < -0.39 is 5.97 Å². The van der Waals surface area contributed by atoms with E-state index in [9.17, 15) is 9.59 Å². The van der Waals surface area contributed by atoms with Crippen LogP contribution < -0.4 is 4.74 Å². The highest BCUT2D eigenvalue weighted by atomic mass is 16.5. The lowest BCUT2D eigenvalue weighted by molar-refractivity contribution is 0.0598. The number of esters is 1. The fourth-order valence-corrected chi connectivity index (χ4v) is 2.22. The predicted octanol–water partition coefficient (Wildman–Crippen LogP) is 0.253. The number of carbonyl (C=O) groups excluding carboxylic acids is 2. The number of pyridine rings is 1. The SMILES string of the molecule is COC(=O)c1cncc(OC2CCN(BC=O)CC2)c1. The van der Waals surface area contributed by atoms with Gasteiger partial charge in [-0.1, -0.05) is 0 Å². The van der Waals surface area contributed by atoms with Crippen molar-refractivity contribution in [3.8, 4) is 5.75 Å². The normalized spacial score (nSPS) is 16.4. The van der Waals surface area contributed by atoms with Gasteiger partial charge in [-0.05, 0) is 32.0 Å². The number of ether oxygens (including phenoxy) is 2. The minimum atomic E-state index is -0.427. The van der Waals surface area contributed by atoms with Crippen LogP contribution in [0.3, 0.4) is 0 Å². The first kappa shape index (κ1) is 14.5. The van der Waals surface area contributed by atoms with E-state index in [4.69, 9.17) is 4.74 Å². The maximum atomic E-state index is 11.4. The molecule has 0 saturated carbocycles. The fourth-order valence-electron chi connectivity index (χ4n) is 2.22. The number of rotatable bonds is 5. The van der Waals surface area contributed by atoms with Crippen LogP contribution in [0.2, 0.25) is 0 Å². The summed E-state index contributed by atoms with van der Waals surface area (Å²) in [4.78, 5) is 27.9. The third-order valence-corrected chi connectivity index (χ3v) is 3.30. The molecule has 0 bridgehead atoms. The van der Waals surface area contributed by atoms with E-state index in [1.165, 1.54) is 13.3 Å². The molecular formula is C13H17BN2O4. The summed E-state index contributed by atoms with van der Waals surface area (Å²) >= 11 is 0. The summed E-state index contributed by atoms with van der Waals surface area (Å²) in [6.45, 7) is 1.68. The topological polar surface area (TPSA) is 68.7 Å². The number of methoxy groups -OCH3 is 1. The second kappa shape index (κ2) is 7.05. The maximum Gasteiger partial charge on any atom is 0.339 e. The van der Waals surface area contributed by atoms with E-state index in [2.05, 4.69) is 14.5 Å². The smallest absolute Gasteiger partial charge is 0.339 e. The molecule has 2 rings (SSSR count). The summed E-state index contributed by atoms with van der Waals surface area (Å²) < 4.78 is 10.5. The Labute approximate surface area is 118 Å². The van der Waals surface area contributed by atoms with Gasteiger partial charge in [0, 0.05) is 6.20 Å². The summed E-state index contributed by atoms with van der Waals surface area (Å²) in [6, 6.07) is 1.64. The van der Waals surface area contributed by atoms with Crippen molar-refractivity contribution in [3.63, 3.8) is 0 Å². The molecule has 1 aromatic rings. The summed E-state index contributed by atoms with van der Waals surface area (Å²) in [7, 11) is 1.81. The standard InChI is InChI=1S/C13H17BN2O4/c1-19-13(18)10-6-12(8-15-7-10)20-11-2-4-16(5-3-11)14-9-17/h6-9,11,14H,2-5H2,1H3. The van der Waals surface area contributed by atoms with Crippen LogP contribution in [0.25, 0.3) is 0 Å². The molecule has 20 heavy (non-hydrogen) atoms. The zero-order valence-corrected chi connectivity index (χ0v) is 11.4. The highest BCUT2D eigenvalue weighted by molar-refractivity contribution is 6.64. The predicted molar refractivity (Wildman–Crippen MR) is 74.7 cm³/mol. The molecule has 0 N–H and O–H groups in total. The lowest BCUT2D eigenvalue weighted by atomic mass is 9.90. The van der Waals surface area contributed by atoms with Gasteiger partial charge in [0.25, 0.3) is 7.41 Å². The summed E-state index contributed by atoms with van der Waals surface area (Å²) in [5.74, 6) is 0.144. The Morgan fingerprint density at radius 1 is 1.45 bits per heavy atom. The zero-order valence-electron chi connectivity index (χ0n) is 11.4. The van der Waals surface area contributed by atoms with Gasteiger partial charge in [0.1, 0.15) is 11.9 Å². The van der Waals surface area contributed by atoms with Crippen molar-refractivity contribution in [3.05, 3.63) is 24.0 Å². The Bertz CT molecular complexity index is 475. The quantitative estimate of drug-likeness (QED) is 0.436. The third kappa shape index (κ3) is 3.80. The lowest BCUT2D eigenvalue weighted by Crippen LogP contribution is -2.40. The second-order valence-electron chi connectivity index (χ2n) is 4.69. The van der Waals surface area contributed by atoms with Crippen molar-refractivity contribution in [2.75, 3.05) is 20.2 Å². The molecule has 0 radical (unpaired) electrons. The number of carbonyl (C=O) groups is 2. The van der Waals surface area contributed by atoms with E-state index in [1.54, 1.807) is 12.3 Å². The number of hydrogen-bond donors (Lipinski definition) is 0. The van der Waals surface area contributed by atoms with Gasteiger partial charge in [0.2, 0.25) is 0 Å². The number of nitrogens with zero attached hydrogens (tertiary/aromatic N) is 2. The Balaban J connectivity index is 1.91. The number of hydrogen-bond acceptors (Lipinski definition) is 6. The molecule has 1 saturated heterocycles. The first-order valence-corrected chi connectivity index (χ1v) is 6.59. The van der Waals surface area contributed by atoms with E-state index >= 15 is 0 Å². The van der Waals surface area contributed by atoms with E-state index in [1.807, 2.05) is 0 Å². The van der Waals surface area contributed by atoms with Crippen LogP contribution >= 0.6 is 0 Å². The largest absolute Gasteiger partial charge is 0.489 e. The van der Waals surface area contributed by atoms with Crippen LogP contribution in [0.4, 0.5) is 0 Å². The van der Waals surface area contributed by atoms with Crippen LogP contribution in [0.5, 0.6) is 5.75 Å². The van der Waals surface area contributed by atoms with Gasteiger partial charge in [-0.15, -0.1) is 0 Å². The Morgan fingerprint density at radius 2 is 2.20 bits per heavy atom. The first-order chi connectivity index (χ1) is 9.72. The van der Waals surface area contributed by atoms with Crippen molar-refractivity contribution in [1.82, 2.24) is 9.79 Å². The van der Waals surface area contributed by atoms with E-state index in [-0.39, 0.29) is 6.10 Å². The Morgan fingerprint density at radius 3 is 2.85 bits per heavy atom. The van der Waals surface area contributed by atoms with Crippen molar-refractivity contribution < 1.29 is 19.1 Å². The van der Waals surface area contributed by atoms with Crippen LogP contribution in [-0.4, -0.2) is 55.7 Å². The molecule has 0 unspecified atom stereocenters. The molecule has 1 fully saturated rings. The molecule has 2 heterocycles. The molecule has 1 aliphatic heterocycles.